The van der Waals surface area contributed by atoms with Gasteiger partial charge in [0, 0.05) is 22.5 Å². The third-order valence-corrected chi connectivity index (χ3v) is 4.00. The van der Waals surface area contributed by atoms with Gasteiger partial charge in [-0.05, 0) is 37.0 Å². The third kappa shape index (κ3) is 2.86. The number of anilines is 1. The summed E-state index contributed by atoms with van der Waals surface area (Å²) < 4.78 is 0. The summed E-state index contributed by atoms with van der Waals surface area (Å²) in [6.45, 7) is 8.09. The number of nitrogens with zero attached hydrogens (tertiary/aromatic N) is 1. The van der Waals surface area contributed by atoms with E-state index in [0.717, 1.165) is 23.9 Å². The molecule has 2 nitrogen and oxygen atoms in total. The number of benzene rings is 1. The zero-order valence-corrected chi connectivity index (χ0v) is 13.8. The molecule has 3 heteroatoms. The Morgan fingerprint density at radius 3 is 2.68 bits per heavy atom. The smallest absolute Gasteiger partial charge is 0.232 e. The molecule has 1 unspecified atom stereocenters. The SMILES string of the molecule is CC1Cc2cc(CCBr)ccc2N1C(=O)C(C)(C)C. The Morgan fingerprint density at radius 1 is 1.42 bits per heavy atom. The summed E-state index contributed by atoms with van der Waals surface area (Å²) in [5.74, 6) is 0.215. The van der Waals surface area contributed by atoms with Crippen LogP contribution < -0.4 is 4.90 Å². The van der Waals surface area contributed by atoms with Crippen LogP contribution >= 0.6 is 15.9 Å². The van der Waals surface area contributed by atoms with Crippen LogP contribution in [-0.2, 0) is 17.6 Å². The van der Waals surface area contributed by atoms with Crippen molar-refractivity contribution >= 4 is 27.5 Å². The molecule has 19 heavy (non-hydrogen) atoms. The van der Waals surface area contributed by atoms with E-state index in [4.69, 9.17) is 0 Å². The number of amides is 1. The maximum Gasteiger partial charge on any atom is 0.232 e. The van der Waals surface area contributed by atoms with Crippen LogP contribution in [-0.4, -0.2) is 17.3 Å². The number of hydrogen-bond donors (Lipinski definition) is 0. The summed E-state index contributed by atoms with van der Waals surface area (Å²) in [6.07, 6.45) is 2.00. The first-order valence-electron chi connectivity index (χ1n) is 6.86. The Morgan fingerprint density at radius 2 is 2.11 bits per heavy atom. The molecule has 0 radical (unpaired) electrons. The molecule has 0 aromatic heterocycles. The summed E-state index contributed by atoms with van der Waals surface area (Å²) in [4.78, 5) is 14.5. The Kier molecular flexibility index (Phi) is 4.05. The first-order chi connectivity index (χ1) is 8.84. The normalized spacial score (nSPS) is 18.6. The van der Waals surface area contributed by atoms with Gasteiger partial charge in [-0.25, -0.2) is 0 Å². The van der Waals surface area contributed by atoms with Gasteiger partial charge in [0.05, 0.1) is 0 Å². The lowest BCUT2D eigenvalue weighted by atomic mass is 9.94. The molecule has 0 aliphatic carbocycles. The highest BCUT2D eigenvalue weighted by Crippen LogP contribution is 2.36. The number of carbonyl (C=O) groups is 1. The summed E-state index contributed by atoms with van der Waals surface area (Å²) in [6, 6.07) is 6.77. The van der Waals surface area contributed by atoms with Gasteiger partial charge in [0.25, 0.3) is 0 Å². The number of rotatable bonds is 2. The molecule has 104 valence electrons. The van der Waals surface area contributed by atoms with Crippen LogP contribution in [0.25, 0.3) is 0 Å². The molecule has 0 N–H and O–H groups in total. The zero-order chi connectivity index (χ0) is 14.2. The van der Waals surface area contributed by atoms with Crippen LogP contribution in [0, 0.1) is 5.41 Å². The lowest BCUT2D eigenvalue weighted by molar-refractivity contribution is -0.126. The summed E-state index contributed by atoms with van der Waals surface area (Å²) in [5, 5.41) is 0.978. The molecule has 1 aromatic carbocycles. The van der Waals surface area contributed by atoms with Gasteiger partial charge >= 0.3 is 0 Å². The van der Waals surface area contributed by atoms with Crippen LogP contribution in [0.2, 0.25) is 0 Å². The molecular formula is C16H22BrNO. The molecule has 1 atom stereocenters. The van der Waals surface area contributed by atoms with Crippen molar-refractivity contribution in [2.45, 2.75) is 46.6 Å². The first-order valence-corrected chi connectivity index (χ1v) is 7.98. The van der Waals surface area contributed by atoms with E-state index >= 15 is 0 Å². The summed E-state index contributed by atoms with van der Waals surface area (Å²) >= 11 is 3.48. The minimum Gasteiger partial charge on any atom is -0.309 e. The van der Waals surface area contributed by atoms with E-state index < -0.39 is 0 Å². The van der Waals surface area contributed by atoms with Gasteiger partial charge in [-0.3, -0.25) is 4.79 Å². The van der Waals surface area contributed by atoms with Gasteiger partial charge < -0.3 is 4.90 Å². The number of hydrogen-bond acceptors (Lipinski definition) is 1. The summed E-state index contributed by atoms with van der Waals surface area (Å²) in [5.41, 5.74) is 3.42. The Labute approximate surface area is 124 Å². The molecule has 2 rings (SSSR count). The zero-order valence-electron chi connectivity index (χ0n) is 12.2. The van der Waals surface area contributed by atoms with E-state index in [1.807, 2.05) is 25.7 Å². The van der Waals surface area contributed by atoms with Crippen LogP contribution in [0.5, 0.6) is 0 Å². The van der Waals surface area contributed by atoms with Crippen LogP contribution in [0.3, 0.4) is 0 Å². The van der Waals surface area contributed by atoms with E-state index in [2.05, 4.69) is 41.1 Å². The quantitative estimate of drug-likeness (QED) is 0.755. The molecule has 1 aromatic rings. The molecule has 0 bridgehead atoms. The van der Waals surface area contributed by atoms with Crippen molar-refractivity contribution in [3.05, 3.63) is 29.3 Å². The molecule has 0 saturated heterocycles. The topological polar surface area (TPSA) is 20.3 Å². The van der Waals surface area contributed by atoms with Gasteiger partial charge in [-0.15, -0.1) is 0 Å². The van der Waals surface area contributed by atoms with E-state index in [-0.39, 0.29) is 17.4 Å². The summed E-state index contributed by atoms with van der Waals surface area (Å²) in [7, 11) is 0. The molecule has 0 saturated carbocycles. The van der Waals surface area contributed by atoms with E-state index in [0.29, 0.717) is 0 Å². The highest BCUT2D eigenvalue weighted by atomic mass is 79.9. The third-order valence-electron chi connectivity index (χ3n) is 3.60. The van der Waals surface area contributed by atoms with E-state index in [1.54, 1.807) is 0 Å². The second-order valence-electron chi connectivity index (χ2n) is 6.38. The maximum atomic E-state index is 12.6. The lowest BCUT2D eigenvalue weighted by Crippen LogP contribution is -2.42. The molecule has 1 amide bonds. The van der Waals surface area contributed by atoms with Crippen LogP contribution in [0.4, 0.5) is 5.69 Å². The number of aryl methyl sites for hydroxylation is 1. The average molecular weight is 324 g/mol. The Hall–Kier alpha value is -0.830. The largest absolute Gasteiger partial charge is 0.309 e. The first kappa shape index (κ1) is 14.6. The fraction of sp³-hybridized carbons (Fsp3) is 0.562. The highest BCUT2D eigenvalue weighted by molar-refractivity contribution is 9.09. The number of alkyl halides is 1. The van der Waals surface area contributed by atoms with Gasteiger partial charge in [0.15, 0.2) is 0 Å². The molecule has 0 fully saturated rings. The van der Waals surface area contributed by atoms with E-state index in [9.17, 15) is 4.79 Å². The average Bonchev–Trinajstić information content (AvgIpc) is 2.62. The Balaban J connectivity index is 2.35. The van der Waals surface area contributed by atoms with Gasteiger partial charge in [0.2, 0.25) is 5.91 Å². The lowest BCUT2D eigenvalue weighted by Gasteiger charge is -2.29. The fourth-order valence-corrected chi connectivity index (χ4v) is 3.08. The van der Waals surface area contributed by atoms with Gasteiger partial charge in [-0.2, -0.15) is 0 Å². The minimum absolute atomic E-state index is 0.215. The van der Waals surface area contributed by atoms with Crippen molar-refractivity contribution in [3.8, 4) is 0 Å². The van der Waals surface area contributed by atoms with Crippen LogP contribution in [0.15, 0.2) is 18.2 Å². The highest BCUT2D eigenvalue weighted by Gasteiger charge is 2.36. The number of fused-ring (bicyclic) bond motifs is 1. The molecule has 1 heterocycles. The van der Waals surface area contributed by atoms with E-state index in [1.165, 1.54) is 11.1 Å². The monoisotopic (exact) mass is 323 g/mol. The predicted octanol–water partition coefficient (Wildman–Crippen LogP) is 3.95. The molecule has 0 spiro atoms. The fourth-order valence-electron chi connectivity index (χ4n) is 2.62. The predicted molar refractivity (Wildman–Crippen MR) is 84.0 cm³/mol. The van der Waals surface area contributed by atoms with Gasteiger partial charge in [0.1, 0.15) is 0 Å². The number of halogens is 1. The second kappa shape index (κ2) is 5.28. The molecule has 1 aliphatic rings. The van der Waals surface area contributed by atoms with Crippen molar-refractivity contribution in [3.63, 3.8) is 0 Å². The van der Waals surface area contributed by atoms with Crippen molar-refractivity contribution in [2.75, 3.05) is 10.2 Å². The van der Waals surface area contributed by atoms with Crippen molar-refractivity contribution in [1.29, 1.82) is 0 Å². The molecule has 1 aliphatic heterocycles. The van der Waals surface area contributed by atoms with Crippen molar-refractivity contribution < 1.29 is 4.79 Å². The molecular weight excluding hydrogens is 302 g/mol. The Bertz CT molecular complexity index is 490. The minimum atomic E-state index is -0.329. The standard InChI is InChI=1S/C16H22BrNO/c1-11-9-13-10-12(7-8-17)5-6-14(13)18(11)15(19)16(2,3)4/h5-6,10-11H,7-9H2,1-4H3. The number of carbonyl (C=O) groups excluding carboxylic acids is 1. The maximum absolute atomic E-state index is 12.6. The van der Waals surface area contributed by atoms with Gasteiger partial charge in [-0.1, -0.05) is 48.8 Å². The van der Waals surface area contributed by atoms with Crippen molar-refractivity contribution in [2.24, 2.45) is 5.41 Å². The van der Waals surface area contributed by atoms with Crippen molar-refractivity contribution in [1.82, 2.24) is 0 Å². The van der Waals surface area contributed by atoms with Crippen LogP contribution in [0.1, 0.15) is 38.8 Å². The second-order valence-corrected chi connectivity index (χ2v) is 7.17.